The molecule has 1 heterocycles. The largest absolute Gasteiger partial charge is 0.314 e. The average Bonchev–Trinajstić information content (AvgIpc) is 2.86. The Morgan fingerprint density at radius 1 is 1.17 bits per heavy atom. The molecule has 0 spiro atoms. The van der Waals surface area contributed by atoms with Crippen LogP contribution in [0, 0.1) is 5.41 Å². The molecule has 2 fully saturated rings. The van der Waals surface area contributed by atoms with Gasteiger partial charge in [-0.1, -0.05) is 27.2 Å². The second-order valence-corrected chi connectivity index (χ2v) is 6.82. The zero-order valence-corrected chi connectivity index (χ0v) is 12.7. The Morgan fingerprint density at radius 3 is 2.50 bits per heavy atom. The SMILES string of the molecule is CCCNC1CCC(N2CCC(C)(CC)CC2)C1. The molecule has 1 saturated heterocycles. The fraction of sp³-hybridized carbons (Fsp3) is 1.00. The van der Waals surface area contributed by atoms with E-state index in [0.29, 0.717) is 5.41 Å². The van der Waals surface area contributed by atoms with E-state index in [0.717, 1.165) is 12.1 Å². The predicted octanol–water partition coefficient (Wildman–Crippen LogP) is 3.42. The maximum atomic E-state index is 3.70. The van der Waals surface area contributed by atoms with Crippen molar-refractivity contribution < 1.29 is 0 Å². The molecule has 1 aliphatic carbocycles. The van der Waals surface area contributed by atoms with Crippen molar-refractivity contribution in [3.63, 3.8) is 0 Å². The Balaban J connectivity index is 1.74. The van der Waals surface area contributed by atoms with Gasteiger partial charge in [0.05, 0.1) is 0 Å². The highest BCUT2D eigenvalue weighted by Crippen LogP contribution is 2.36. The van der Waals surface area contributed by atoms with Crippen molar-refractivity contribution in [1.29, 1.82) is 0 Å². The predicted molar refractivity (Wildman–Crippen MR) is 78.9 cm³/mol. The normalized spacial score (nSPS) is 32.8. The molecule has 2 rings (SSSR count). The number of hydrogen-bond donors (Lipinski definition) is 1. The molecule has 1 N–H and O–H groups in total. The maximum absolute atomic E-state index is 3.70. The Bertz CT molecular complexity index is 243. The Hall–Kier alpha value is -0.0800. The van der Waals surface area contributed by atoms with E-state index in [1.807, 2.05) is 0 Å². The smallest absolute Gasteiger partial charge is 0.0111 e. The second-order valence-electron chi connectivity index (χ2n) is 6.82. The molecule has 106 valence electrons. The molecule has 2 heteroatoms. The summed E-state index contributed by atoms with van der Waals surface area (Å²) in [7, 11) is 0. The lowest BCUT2D eigenvalue weighted by molar-refractivity contribution is 0.0817. The molecule has 2 aliphatic rings. The molecule has 1 saturated carbocycles. The summed E-state index contributed by atoms with van der Waals surface area (Å²) in [6.07, 6.45) is 9.64. The van der Waals surface area contributed by atoms with E-state index >= 15 is 0 Å². The minimum Gasteiger partial charge on any atom is -0.314 e. The van der Waals surface area contributed by atoms with Crippen molar-refractivity contribution in [3.05, 3.63) is 0 Å². The third-order valence-corrected chi connectivity index (χ3v) is 5.46. The first-order valence-electron chi connectivity index (χ1n) is 8.14. The molecule has 0 aromatic rings. The van der Waals surface area contributed by atoms with E-state index in [1.54, 1.807) is 0 Å². The maximum Gasteiger partial charge on any atom is 0.0111 e. The summed E-state index contributed by atoms with van der Waals surface area (Å²) < 4.78 is 0. The molecule has 0 aromatic carbocycles. The number of nitrogens with one attached hydrogen (secondary N) is 1. The van der Waals surface area contributed by atoms with Crippen LogP contribution in [0.2, 0.25) is 0 Å². The first-order chi connectivity index (χ1) is 8.67. The molecule has 18 heavy (non-hydrogen) atoms. The monoisotopic (exact) mass is 252 g/mol. The van der Waals surface area contributed by atoms with E-state index in [-0.39, 0.29) is 0 Å². The van der Waals surface area contributed by atoms with Crippen LogP contribution in [0.25, 0.3) is 0 Å². The van der Waals surface area contributed by atoms with Crippen molar-refractivity contribution >= 4 is 0 Å². The lowest BCUT2D eigenvalue weighted by atomic mass is 9.78. The first kappa shape index (κ1) is 14.3. The Kier molecular flexibility index (Phi) is 5.08. The summed E-state index contributed by atoms with van der Waals surface area (Å²) in [6.45, 7) is 11.0. The van der Waals surface area contributed by atoms with Gasteiger partial charge < -0.3 is 10.2 Å². The van der Waals surface area contributed by atoms with Crippen LogP contribution in [0.15, 0.2) is 0 Å². The van der Waals surface area contributed by atoms with Gasteiger partial charge in [0.1, 0.15) is 0 Å². The fourth-order valence-corrected chi connectivity index (χ4v) is 3.61. The molecular formula is C16H32N2. The molecule has 0 aromatic heterocycles. The first-order valence-corrected chi connectivity index (χ1v) is 8.14. The van der Waals surface area contributed by atoms with Crippen molar-refractivity contribution in [1.82, 2.24) is 10.2 Å². The summed E-state index contributed by atoms with van der Waals surface area (Å²) in [5.41, 5.74) is 0.634. The molecule has 1 aliphatic heterocycles. The van der Waals surface area contributed by atoms with Crippen LogP contribution in [0.4, 0.5) is 0 Å². The quantitative estimate of drug-likeness (QED) is 0.806. The zero-order valence-electron chi connectivity index (χ0n) is 12.7. The summed E-state index contributed by atoms with van der Waals surface area (Å²) in [5.74, 6) is 0. The number of likely N-dealkylation sites (tertiary alicyclic amines) is 1. The molecule has 0 radical (unpaired) electrons. The number of rotatable bonds is 5. The van der Waals surface area contributed by atoms with Gasteiger partial charge in [-0.15, -0.1) is 0 Å². The van der Waals surface area contributed by atoms with E-state index in [9.17, 15) is 0 Å². The highest BCUT2D eigenvalue weighted by Gasteiger charge is 2.34. The lowest BCUT2D eigenvalue weighted by Crippen LogP contribution is -2.44. The van der Waals surface area contributed by atoms with Crippen LogP contribution in [-0.2, 0) is 0 Å². The number of piperidine rings is 1. The van der Waals surface area contributed by atoms with E-state index < -0.39 is 0 Å². The molecule has 2 nitrogen and oxygen atoms in total. The average molecular weight is 252 g/mol. The molecule has 0 amide bonds. The summed E-state index contributed by atoms with van der Waals surface area (Å²) in [4.78, 5) is 2.78. The molecular weight excluding hydrogens is 220 g/mol. The van der Waals surface area contributed by atoms with Gasteiger partial charge in [-0.05, 0) is 63.6 Å². The van der Waals surface area contributed by atoms with Crippen molar-refractivity contribution in [2.45, 2.75) is 77.8 Å². The van der Waals surface area contributed by atoms with Crippen molar-refractivity contribution in [3.8, 4) is 0 Å². The summed E-state index contributed by atoms with van der Waals surface area (Å²) >= 11 is 0. The van der Waals surface area contributed by atoms with Gasteiger partial charge in [0.2, 0.25) is 0 Å². The number of nitrogens with zero attached hydrogens (tertiary/aromatic N) is 1. The van der Waals surface area contributed by atoms with Crippen LogP contribution in [0.5, 0.6) is 0 Å². The zero-order chi connectivity index (χ0) is 13.0. The van der Waals surface area contributed by atoms with Crippen molar-refractivity contribution in [2.75, 3.05) is 19.6 Å². The fourth-order valence-electron chi connectivity index (χ4n) is 3.61. The van der Waals surface area contributed by atoms with Gasteiger partial charge in [0.25, 0.3) is 0 Å². The minimum atomic E-state index is 0.634. The van der Waals surface area contributed by atoms with Gasteiger partial charge >= 0.3 is 0 Å². The second kappa shape index (κ2) is 6.38. The Morgan fingerprint density at radius 2 is 1.89 bits per heavy atom. The number of hydrogen-bond acceptors (Lipinski definition) is 2. The summed E-state index contributed by atoms with van der Waals surface area (Å²) in [5, 5.41) is 3.70. The van der Waals surface area contributed by atoms with Gasteiger partial charge in [-0.25, -0.2) is 0 Å². The third-order valence-electron chi connectivity index (χ3n) is 5.46. The minimum absolute atomic E-state index is 0.634. The van der Waals surface area contributed by atoms with Gasteiger partial charge in [-0.2, -0.15) is 0 Å². The van der Waals surface area contributed by atoms with Crippen molar-refractivity contribution in [2.24, 2.45) is 5.41 Å². The van der Waals surface area contributed by atoms with Gasteiger partial charge in [-0.3, -0.25) is 0 Å². The molecule has 0 bridgehead atoms. The van der Waals surface area contributed by atoms with Crippen LogP contribution in [-0.4, -0.2) is 36.6 Å². The van der Waals surface area contributed by atoms with E-state index in [1.165, 1.54) is 64.6 Å². The molecule has 2 unspecified atom stereocenters. The standard InChI is InChI=1S/C16H32N2/c1-4-10-17-14-6-7-15(13-14)18-11-8-16(3,5-2)9-12-18/h14-15,17H,4-13H2,1-3H3. The third kappa shape index (κ3) is 3.48. The Labute approximate surface area is 114 Å². The van der Waals surface area contributed by atoms with Crippen LogP contribution >= 0.6 is 0 Å². The van der Waals surface area contributed by atoms with Gasteiger partial charge in [0.15, 0.2) is 0 Å². The molecule has 2 atom stereocenters. The lowest BCUT2D eigenvalue weighted by Gasteiger charge is -2.41. The van der Waals surface area contributed by atoms with Crippen LogP contribution in [0.3, 0.4) is 0 Å². The van der Waals surface area contributed by atoms with Crippen LogP contribution < -0.4 is 5.32 Å². The highest BCUT2D eigenvalue weighted by molar-refractivity contribution is 4.90. The summed E-state index contributed by atoms with van der Waals surface area (Å²) in [6, 6.07) is 1.68. The van der Waals surface area contributed by atoms with E-state index in [2.05, 4.69) is 31.0 Å². The highest BCUT2D eigenvalue weighted by atomic mass is 15.2. The van der Waals surface area contributed by atoms with E-state index in [4.69, 9.17) is 0 Å². The van der Waals surface area contributed by atoms with Crippen LogP contribution in [0.1, 0.15) is 65.7 Å². The topological polar surface area (TPSA) is 15.3 Å². The van der Waals surface area contributed by atoms with Gasteiger partial charge in [0, 0.05) is 12.1 Å².